The number of aromatic nitrogens is 1. The van der Waals surface area contributed by atoms with E-state index in [1.54, 1.807) is 20.8 Å². The van der Waals surface area contributed by atoms with Crippen LogP contribution < -0.4 is 5.32 Å². The molecule has 6 nitrogen and oxygen atoms in total. The van der Waals surface area contributed by atoms with Gasteiger partial charge in [0.2, 0.25) is 0 Å². The normalized spacial score (nSPS) is 11.8. The maximum atomic E-state index is 12.8. The number of pyridine rings is 1. The number of hydrogen-bond donors (Lipinski definition) is 1. The van der Waals surface area contributed by atoms with Crippen LogP contribution in [0.5, 0.6) is 0 Å². The van der Waals surface area contributed by atoms with Gasteiger partial charge in [-0.1, -0.05) is 0 Å². The third-order valence-electron chi connectivity index (χ3n) is 2.75. The second kappa shape index (κ2) is 7.50. The van der Waals surface area contributed by atoms with E-state index in [9.17, 15) is 22.8 Å². The minimum Gasteiger partial charge on any atom is -0.465 e. The van der Waals surface area contributed by atoms with E-state index in [2.05, 4.69) is 15.0 Å². The summed E-state index contributed by atoms with van der Waals surface area (Å²) >= 11 is 0. The topological polar surface area (TPSA) is 77.5 Å². The van der Waals surface area contributed by atoms with Crippen molar-refractivity contribution >= 4 is 12.1 Å². The highest BCUT2D eigenvalue weighted by atomic mass is 19.4. The molecule has 1 N–H and O–H groups in total. The lowest BCUT2D eigenvalue weighted by Crippen LogP contribution is -2.33. The number of carbonyl (C=O) groups excluding carboxylic acids is 2. The smallest absolute Gasteiger partial charge is 0.433 e. The molecule has 0 fully saturated rings. The van der Waals surface area contributed by atoms with Crippen molar-refractivity contribution in [2.24, 2.45) is 0 Å². The number of nitrogens with one attached hydrogen (secondary N) is 1. The Balaban J connectivity index is 2.87. The van der Waals surface area contributed by atoms with Gasteiger partial charge in [0.05, 0.1) is 12.7 Å². The van der Waals surface area contributed by atoms with Crippen molar-refractivity contribution in [2.45, 2.75) is 39.0 Å². The fourth-order valence-corrected chi connectivity index (χ4v) is 1.77. The largest absolute Gasteiger partial charge is 0.465 e. The summed E-state index contributed by atoms with van der Waals surface area (Å²) in [7, 11) is 1.11. The first-order valence-electron chi connectivity index (χ1n) is 7.05. The van der Waals surface area contributed by atoms with Crippen LogP contribution in [0.1, 0.15) is 42.4 Å². The van der Waals surface area contributed by atoms with Gasteiger partial charge in [0.1, 0.15) is 11.3 Å². The summed E-state index contributed by atoms with van der Waals surface area (Å²) in [6.45, 7) is 5.03. The van der Waals surface area contributed by atoms with Gasteiger partial charge in [-0.3, -0.25) is 4.98 Å². The molecular formula is C15H19F3N2O4. The van der Waals surface area contributed by atoms with Gasteiger partial charge < -0.3 is 14.8 Å². The van der Waals surface area contributed by atoms with Crippen LogP contribution in [0.4, 0.5) is 18.0 Å². The Morgan fingerprint density at radius 1 is 1.25 bits per heavy atom. The molecule has 0 aliphatic carbocycles. The van der Waals surface area contributed by atoms with E-state index < -0.39 is 29.5 Å². The minimum atomic E-state index is -4.64. The lowest BCUT2D eigenvalue weighted by molar-refractivity contribution is -0.141. The Bertz CT molecular complexity index is 610. The predicted molar refractivity (Wildman–Crippen MR) is 78.5 cm³/mol. The van der Waals surface area contributed by atoms with Gasteiger partial charge in [0.15, 0.2) is 0 Å². The van der Waals surface area contributed by atoms with Gasteiger partial charge in [-0.15, -0.1) is 0 Å². The van der Waals surface area contributed by atoms with Crippen molar-refractivity contribution in [1.82, 2.24) is 10.3 Å². The van der Waals surface area contributed by atoms with E-state index in [0.717, 1.165) is 19.4 Å². The highest BCUT2D eigenvalue weighted by Crippen LogP contribution is 2.29. The molecule has 9 heteroatoms. The zero-order valence-electron chi connectivity index (χ0n) is 13.8. The second-order valence-electron chi connectivity index (χ2n) is 5.89. The number of alkyl halides is 3. The number of rotatable bonds is 4. The van der Waals surface area contributed by atoms with Gasteiger partial charge in [0.25, 0.3) is 0 Å². The first-order chi connectivity index (χ1) is 10.9. The highest BCUT2D eigenvalue weighted by Gasteiger charge is 2.33. The van der Waals surface area contributed by atoms with Crippen LogP contribution in [-0.4, -0.2) is 36.3 Å². The van der Waals surface area contributed by atoms with Crippen molar-refractivity contribution in [1.29, 1.82) is 0 Å². The summed E-state index contributed by atoms with van der Waals surface area (Å²) < 4.78 is 47.8. The standard InChI is InChI=1S/C15H19F3N2O4/c1-14(2,3)24-13(22)19-6-5-9-7-11(15(16,17)18)20-8-10(9)12(21)23-4/h7-8H,5-6H2,1-4H3,(H,19,22). The summed E-state index contributed by atoms with van der Waals surface area (Å²) in [5.74, 6) is -0.802. The van der Waals surface area contributed by atoms with Crippen LogP contribution in [0, 0.1) is 0 Å². The lowest BCUT2D eigenvalue weighted by Gasteiger charge is -2.19. The number of ether oxygens (including phenoxy) is 2. The Labute approximate surface area is 137 Å². The zero-order chi connectivity index (χ0) is 18.5. The third-order valence-corrected chi connectivity index (χ3v) is 2.75. The van der Waals surface area contributed by atoms with Gasteiger partial charge in [-0.25, -0.2) is 9.59 Å². The zero-order valence-corrected chi connectivity index (χ0v) is 13.8. The van der Waals surface area contributed by atoms with E-state index in [1.165, 1.54) is 0 Å². The minimum absolute atomic E-state index is 0.0137. The van der Waals surface area contributed by atoms with Crippen molar-refractivity contribution in [3.63, 3.8) is 0 Å². The van der Waals surface area contributed by atoms with Gasteiger partial charge in [-0.05, 0) is 38.8 Å². The number of hydrogen-bond acceptors (Lipinski definition) is 5. The van der Waals surface area contributed by atoms with E-state index in [0.29, 0.717) is 0 Å². The summed E-state index contributed by atoms with van der Waals surface area (Å²) in [5, 5.41) is 2.42. The molecule has 134 valence electrons. The number of halogens is 3. The molecule has 0 bridgehead atoms. The first kappa shape index (κ1) is 19.7. The summed E-state index contributed by atoms with van der Waals surface area (Å²) in [6, 6.07) is 0.767. The number of esters is 1. The molecule has 1 heterocycles. The molecule has 1 amide bonds. The van der Waals surface area contributed by atoms with Crippen LogP contribution in [-0.2, 0) is 22.1 Å². The van der Waals surface area contributed by atoms with E-state index in [-0.39, 0.29) is 24.1 Å². The highest BCUT2D eigenvalue weighted by molar-refractivity contribution is 5.90. The average molecular weight is 348 g/mol. The van der Waals surface area contributed by atoms with Crippen molar-refractivity contribution < 1.29 is 32.2 Å². The number of methoxy groups -OCH3 is 1. The molecule has 0 saturated heterocycles. The Hall–Kier alpha value is -2.32. The van der Waals surface area contributed by atoms with E-state index in [4.69, 9.17) is 4.74 Å². The van der Waals surface area contributed by atoms with Crippen molar-refractivity contribution in [2.75, 3.05) is 13.7 Å². The lowest BCUT2D eigenvalue weighted by atomic mass is 10.1. The molecule has 0 saturated carbocycles. The van der Waals surface area contributed by atoms with E-state index in [1.807, 2.05) is 0 Å². The molecule has 0 radical (unpaired) electrons. The average Bonchev–Trinajstić information content (AvgIpc) is 2.43. The van der Waals surface area contributed by atoms with E-state index >= 15 is 0 Å². The molecule has 0 aliphatic rings. The van der Waals surface area contributed by atoms with Gasteiger partial charge in [-0.2, -0.15) is 13.2 Å². The van der Waals surface area contributed by atoms with Crippen molar-refractivity contribution in [3.8, 4) is 0 Å². The molecule has 1 aromatic heterocycles. The number of amides is 1. The second-order valence-corrected chi connectivity index (χ2v) is 5.89. The SMILES string of the molecule is COC(=O)c1cnc(C(F)(F)F)cc1CCNC(=O)OC(C)(C)C. The molecule has 0 atom stereocenters. The molecule has 24 heavy (non-hydrogen) atoms. The maximum absolute atomic E-state index is 12.8. The van der Waals surface area contributed by atoms with Crippen LogP contribution in [0.25, 0.3) is 0 Å². The fourth-order valence-electron chi connectivity index (χ4n) is 1.77. The van der Waals surface area contributed by atoms with Crippen LogP contribution >= 0.6 is 0 Å². The predicted octanol–water partition coefficient (Wildman–Crippen LogP) is 2.95. The summed E-state index contributed by atoms with van der Waals surface area (Å²) in [4.78, 5) is 26.4. The fraction of sp³-hybridized carbons (Fsp3) is 0.533. The number of nitrogens with zero attached hydrogens (tertiary/aromatic N) is 1. The third kappa shape index (κ3) is 6.05. The number of alkyl carbamates (subject to hydrolysis) is 1. The molecule has 0 aromatic carbocycles. The Morgan fingerprint density at radius 2 is 1.88 bits per heavy atom. The monoisotopic (exact) mass is 348 g/mol. The maximum Gasteiger partial charge on any atom is 0.433 e. The number of carbonyl (C=O) groups is 2. The molecule has 0 aliphatic heterocycles. The van der Waals surface area contributed by atoms with Crippen LogP contribution in [0.2, 0.25) is 0 Å². The molecule has 1 aromatic rings. The first-order valence-corrected chi connectivity index (χ1v) is 7.05. The van der Waals surface area contributed by atoms with Gasteiger partial charge in [0, 0.05) is 12.7 Å². The molecule has 0 spiro atoms. The molecular weight excluding hydrogens is 329 g/mol. The Morgan fingerprint density at radius 3 is 2.38 bits per heavy atom. The van der Waals surface area contributed by atoms with Crippen LogP contribution in [0.15, 0.2) is 12.3 Å². The quantitative estimate of drug-likeness (QED) is 0.847. The molecule has 0 unspecified atom stereocenters. The van der Waals surface area contributed by atoms with Crippen LogP contribution in [0.3, 0.4) is 0 Å². The summed E-state index contributed by atoms with van der Waals surface area (Å²) in [5.41, 5.74) is -1.83. The molecule has 1 rings (SSSR count). The van der Waals surface area contributed by atoms with Crippen molar-refractivity contribution in [3.05, 3.63) is 29.1 Å². The Kier molecular flexibility index (Phi) is 6.16. The van der Waals surface area contributed by atoms with Gasteiger partial charge >= 0.3 is 18.2 Å². The summed E-state index contributed by atoms with van der Waals surface area (Å²) in [6.07, 6.45) is -4.54.